The molecule has 55 heavy (non-hydrogen) atoms. The first-order valence-corrected chi connectivity index (χ1v) is 19.1. The Morgan fingerprint density at radius 1 is 0.400 bits per heavy atom. The molecule has 2 nitrogen and oxygen atoms in total. The van der Waals surface area contributed by atoms with Crippen LogP contribution in [0, 0.1) is 0 Å². The molecule has 0 unspecified atom stereocenters. The number of para-hydroxylation sites is 3. The van der Waals surface area contributed by atoms with E-state index >= 15 is 0 Å². The van der Waals surface area contributed by atoms with Gasteiger partial charge >= 0.3 is 0 Å². The Balaban J connectivity index is 1.10. The third kappa shape index (κ3) is 4.81. The summed E-state index contributed by atoms with van der Waals surface area (Å²) in [4.78, 5) is 2.40. The zero-order chi connectivity index (χ0) is 36.7. The Morgan fingerprint density at radius 2 is 1.04 bits per heavy atom. The van der Waals surface area contributed by atoms with Gasteiger partial charge in [-0.15, -0.1) is 0 Å². The fraction of sp³-hybridized carbons (Fsp3) is 0.0566. The predicted octanol–water partition coefficient (Wildman–Crippen LogP) is 15.0. The minimum Gasteiger partial charge on any atom is -0.454 e. The SMILES string of the molecule is CC1(C)c2cc(-c3cc4ccccc4c4ccccc34)ccc2-c2ccc(N(c3ccccc3-c3ccccc3)c3cccc4c3oc3ccccc34)cc21. The van der Waals surface area contributed by atoms with Gasteiger partial charge in [0.05, 0.1) is 11.4 Å². The Labute approximate surface area is 320 Å². The van der Waals surface area contributed by atoms with E-state index in [4.69, 9.17) is 4.42 Å². The van der Waals surface area contributed by atoms with E-state index in [1.165, 1.54) is 60.5 Å². The van der Waals surface area contributed by atoms with Crippen LogP contribution in [-0.4, -0.2) is 0 Å². The van der Waals surface area contributed by atoms with E-state index in [2.05, 4.69) is 201 Å². The van der Waals surface area contributed by atoms with Crippen LogP contribution in [0.25, 0.3) is 76.9 Å². The van der Waals surface area contributed by atoms with Gasteiger partial charge in [0.2, 0.25) is 0 Å². The number of rotatable bonds is 5. The number of hydrogen-bond acceptors (Lipinski definition) is 2. The van der Waals surface area contributed by atoms with Gasteiger partial charge in [-0.2, -0.15) is 0 Å². The molecule has 260 valence electrons. The largest absolute Gasteiger partial charge is 0.454 e. The second-order valence-corrected chi connectivity index (χ2v) is 15.3. The van der Waals surface area contributed by atoms with E-state index in [-0.39, 0.29) is 5.41 Å². The lowest BCUT2D eigenvalue weighted by atomic mass is 9.81. The Hall–Kier alpha value is -6.90. The van der Waals surface area contributed by atoms with E-state index in [9.17, 15) is 0 Å². The third-order valence-electron chi connectivity index (χ3n) is 11.9. The van der Waals surface area contributed by atoms with Crippen molar-refractivity contribution in [1.29, 1.82) is 0 Å². The number of nitrogens with zero attached hydrogens (tertiary/aromatic N) is 1. The summed E-state index contributed by atoms with van der Waals surface area (Å²) in [5.74, 6) is 0. The molecule has 0 saturated heterocycles. The Morgan fingerprint density at radius 3 is 1.89 bits per heavy atom. The van der Waals surface area contributed by atoms with Gasteiger partial charge in [-0.05, 0) is 103 Å². The highest BCUT2D eigenvalue weighted by Crippen LogP contribution is 2.53. The van der Waals surface area contributed by atoms with Crippen LogP contribution >= 0.6 is 0 Å². The Bertz CT molecular complexity index is 3130. The lowest BCUT2D eigenvalue weighted by Gasteiger charge is -2.29. The fourth-order valence-electron chi connectivity index (χ4n) is 9.17. The molecular weight excluding hydrogens is 667 g/mol. The van der Waals surface area contributed by atoms with Gasteiger partial charge in [0, 0.05) is 27.4 Å². The summed E-state index contributed by atoms with van der Waals surface area (Å²) in [6, 6.07) is 68.3. The second kappa shape index (κ2) is 12.1. The normalized spacial score (nSPS) is 13.1. The molecule has 9 aromatic carbocycles. The molecule has 0 N–H and O–H groups in total. The molecule has 0 spiro atoms. The molecule has 0 saturated carbocycles. The molecule has 0 amide bonds. The van der Waals surface area contributed by atoms with Crippen LogP contribution in [0.1, 0.15) is 25.0 Å². The van der Waals surface area contributed by atoms with Gasteiger partial charge in [-0.25, -0.2) is 0 Å². The van der Waals surface area contributed by atoms with Crippen LogP contribution in [0.4, 0.5) is 17.1 Å². The van der Waals surface area contributed by atoms with Crippen molar-refractivity contribution in [3.8, 4) is 33.4 Å². The highest BCUT2D eigenvalue weighted by Gasteiger charge is 2.37. The van der Waals surface area contributed by atoms with Crippen LogP contribution in [0.5, 0.6) is 0 Å². The molecule has 0 radical (unpaired) electrons. The maximum Gasteiger partial charge on any atom is 0.159 e. The van der Waals surface area contributed by atoms with Crippen molar-refractivity contribution in [2.75, 3.05) is 4.90 Å². The predicted molar refractivity (Wildman–Crippen MR) is 232 cm³/mol. The summed E-state index contributed by atoms with van der Waals surface area (Å²) in [6.45, 7) is 4.76. The van der Waals surface area contributed by atoms with Crippen molar-refractivity contribution in [2.45, 2.75) is 19.3 Å². The van der Waals surface area contributed by atoms with E-state index in [0.29, 0.717) is 0 Å². The summed E-state index contributed by atoms with van der Waals surface area (Å²) >= 11 is 0. The van der Waals surface area contributed by atoms with Crippen LogP contribution in [0.2, 0.25) is 0 Å². The summed E-state index contributed by atoms with van der Waals surface area (Å²) in [5.41, 5.74) is 14.8. The van der Waals surface area contributed by atoms with Gasteiger partial charge < -0.3 is 9.32 Å². The maximum atomic E-state index is 6.71. The minimum absolute atomic E-state index is 0.237. The first kappa shape index (κ1) is 31.6. The molecule has 1 aromatic heterocycles. The average Bonchev–Trinajstić information content (AvgIpc) is 3.73. The van der Waals surface area contributed by atoms with Crippen LogP contribution in [-0.2, 0) is 5.41 Å². The van der Waals surface area contributed by atoms with Crippen molar-refractivity contribution in [3.05, 3.63) is 199 Å². The Kier molecular flexibility index (Phi) is 6.93. The quantitative estimate of drug-likeness (QED) is 0.166. The lowest BCUT2D eigenvalue weighted by Crippen LogP contribution is -2.17. The smallest absolute Gasteiger partial charge is 0.159 e. The summed E-state index contributed by atoms with van der Waals surface area (Å²) in [7, 11) is 0. The minimum atomic E-state index is -0.237. The summed E-state index contributed by atoms with van der Waals surface area (Å²) in [6.07, 6.45) is 0. The molecule has 2 heteroatoms. The first-order chi connectivity index (χ1) is 27.0. The molecular formula is C53H37NO. The van der Waals surface area contributed by atoms with E-state index in [1.807, 2.05) is 6.07 Å². The number of furan rings is 1. The fourth-order valence-corrected chi connectivity index (χ4v) is 9.17. The second-order valence-electron chi connectivity index (χ2n) is 15.3. The molecule has 0 aliphatic heterocycles. The third-order valence-corrected chi connectivity index (χ3v) is 11.9. The van der Waals surface area contributed by atoms with Gasteiger partial charge in [0.1, 0.15) is 5.58 Å². The van der Waals surface area contributed by atoms with E-state index in [1.54, 1.807) is 0 Å². The van der Waals surface area contributed by atoms with Crippen molar-refractivity contribution in [2.24, 2.45) is 0 Å². The van der Waals surface area contributed by atoms with Crippen molar-refractivity contribution in [3.63, 3.8) is 0 Å². The zero-order valence-electron chi connectivity index (χ0n) is 30.8. The molecule has 10 aromatic rings. The zero-order valence-corrected chi connectivity index (χ0v) is 30.8. The molecule has 1 heterocycles. The first-order valence-electron chi connectivity index (χ1n) is 19.1. The van der Waals surface area contributed by atoms with Gasteiger partial charge in [-0.1, -0.05) is 159 Å². The van der Waals surface area contributed by atoms with Crippen molar-refractivity contribution < 1.29 is 4.42 Å². The monoisotopic (exact) mass is 703 g/mol. The van der Waals surface area contributed by atoms with Crippen LogP contribution < -0.4 is 4.90 Å². The highest BCUT2D eigenvalue weighted by molar-refractivity contribution is 6.14. The average molecular weight is 704 g/mol. The van der Waals surface area contributed by atoms with Crippen LogP contribution in [0.3, 0.4) is 0 Å². The molecule has 0 fully saturated rings. The van der Waals surface area contributed by atoms with Crippen molar-refractivity contribution >= 4 is 60.5 Å². The van der Waals surface area contributed by atoms with E-state index < -0.39 is 0 Å². The van der Waals surface area contributed by atoms with Gasteiger partial charge in [-0.3, -0.25) is 0 Å². The molecule has 11 rings (SSSR count). The summed E-state index contributed by atoms with van der Waals surface area (Å²) in [5, 5.41) is 7.36. The maximum absolute atomic E-state index is 6.71. The van der Waals surface area contributed by atoms with Gasteiger partial charge in [0.15, 0.2) is 5.58 Å². The standard InChI is InChI=1S/C53H37NO/c1-53(2)47-32-36(46-31-35-17-6-7-18-38(35)40-20-8-9-21-41(40)46)27-29-42(47)43-30-28-37(33-48(43)53)54(49-24-12-10-19-39(49)34-15-4-3-5-16-34)50-25-14-23-45-44-22-11-13-26-51(44)55-52(45)50/h3-33H,1-2H3. The lowest BCUT2D eigenvalue weighted by molar-refractivity contribution is 0.660. The number of anilines is 3. The molecule has 1 aliphatic carbocycles. The molecule has 0 atom stereocenters. The number of hydrogen-bond donors (Lipinski definition) is 0. The topological polar surface area (TPSA) is 16.4 Å². The number of fused-ring (bicyclic) bond motifs is 9. The van der Waals surface area contributed by atoms with Gasteiger partial charge in [0.25, 0.3) is 0 Å². The highest BCUT2D eigenvalue weighted by atomic mass is 16.3. The number of benzene rings is 9. The van der Waals surface area contributed by atoms with Crippen LogP contribution in [0.15, 0.2) is 192 Å². The molecule has 0 bridgehead atoms. The summed E-state index contributed by atoms with van der Waals surface area (Å²) < 4.78 is 6.71. The van der Waals surface area contributed by atoms with Crippen molar-refractivity contribution in [1.82, 2.24) is 0 Å². The molecule has 1 aliphatic rings. The van der Waals surface area contributed by atoms with E-state index in [0.717, 1.165) is 44.6 Å².